The van der Waals surface area contributed by atoms with Gasteiger partial charge in [-0.25, -0.2) is 12.8 Å². The van der Waals surface area contributed by atoms with Crippen molar-refractivity contribution in [2.75, 3.05) is 12.8 Å². The number of thiophene rings is 1. The minimum Gasteiger partial charge on any atom is -0.399 e. The van der Waals surface area contributed by atoms with Crippen LogP contribution in [0, 0.1) is 5.82 Å². The Bertz CT molecular complexity index is 669. The number of nitrogens with zero attached hydrogens (tertiary/aromatic N) is 1. The number of hydrogen-bond acceptors (Lipinski definition) is 4. The van der Waals surface area contributed by atoms with E-state index in [1.165, 1.54) is 30.5 Å². The quantitative estimate of drug-likeness (QED) is 0.881. The second-order valence-electron chi connectivity index (χ2n) is 4.08. The Hall–Kier alpha value is -1.44. The van der Waals surface area contributed by atoms with E-state index in [4.69, 9.17) is 5.73 Å². The Morgan fingerprint density at radius 1 is 1.37 bits per heavy atom. The predicted molar refractivity (Wildman–Crippen MR) is 73.8 cm³/mol. The van der Waals surface area contributed by atoms with Crippen LogP contribution in [0.5, 0.6) is 0 Å². The highest BCUT2D eigenvalue weighted by Gasteiger charge is 2.24. The zero-order chi connectivity index (χ0) is 14.0. The van der Waals surface area contributed by atoms with E-state index >= 15 is 0 Å². The molecule has 2 rings (SSSR count). The largest absolute Gasteiger partial charge is 0.399 e. The zero-order valence-electron chi connectivity index (χ0n) is 10.2. The first-order valence-corrected chi connectivity index (χ1v) is 7.82. The molecule has 2 N–H and O–H groups in total. The van der Waals surface area contributed by atoms with Gasteiger partial charge < -0.3 is 5.73 Å². The second kappa shape index (κ2) is 5.28. The average molecular weight is 300 g/mol. The Morgan fingerprint density at radius 3 is 2.68 bits per heavy atom. The molecule has 0 unspecified atom stereocenters. The van der Waals surface area contributed by atoms with Crippen LogP contribution >= 0.6 is 11.3 Å². The molecule has 0 radical (unpaired) electrons. The molecule has 0 saturated heterocycles. The lowest BCUT2D eigenvalue weighted by Crippen LogP contribution is -2.27. The Labute approximate surface area is 115 Å². The van der Waals surface area contributed by atoms with Crippen LogP contribution in [-0.2, 0) is 16.6 Å². The van der Waals surface area contributed by atoms with Crippen LogP contribution in [0.25, 0.3) is 0 Å². The van der Waals surface area contributed by atoms with Crippen molar-refractivity contribution in [3.8, 4) is 0 Å². The van der Waals surface area contributed by atoms with Crippen molar-refractivity contribution in [1.82, 2.24) is 4.31 Å². The summed E-state index contributed by atoms with van der Waals surface area (Å²) in [6, 6.07) is 5.39. The molecule has 0 spiro atoms. The number of hydrogen-bond donors (Lipinski definition) is 1. The third-order valence-electron chi connectivity index (χ3n) is 2.63. The summed E-state index contributed by atoms with van der Waals surface area (Å²) in [5.74, 6) is -0.836. The maximum atomic E-state index is 13.7. The van der Waals surface area contributed by atoms with Crippen LogP contribution in [0.4, 0.5) is 10.1 Å². The SMILES string of the molecule is CN(Cc1ccsc1)S(=O)(=O)c1ccc(N)cc1F. The van der Waals surface area contributed by atoms with Gasteiger partial charge in [-0.1, -0.05) is 0 Å². The lowest BCUT2D eigenvalue weighted by atomic mass is 10.3. The molecule has 0 fully saturated rings. The molecule has 1 aromatic heterocycles. The van der Waals surface area contributed by atoms with Gasteiger partial charge in [-0.15, -0.1) is 0 Å². The molecule has 0 bridgehead atoms. The highest BCUT2D eigenvalue weighted by atomic mass is 32.2. The van der Waals surface area contributed by atoms with E-state index in [2.05, 4.69) is 0 Å². The van der Waals surface area contributed by atoms with E-state index in [0.717, 1.165) is 15.9 Å². The molecule has 2 aromatic rings. The van der Waals surface area contributed by atoms with Crippen LogP contribution in [0.1, 0.15) is 5.56 Å². The fraction of sp³-hybridized carbons (Fsp3) is 0.167. The van der Waals surface area contributed by atoms with Gasteiger partial charge in [0.2, 0.25) is 10.0 Å². The molecule has 7 heteroatoms. The van der Waals surface area contributed by atoms with Crippen molar-refractivity contribution >= 4 is 27.0 Å². The van der Waals surface area contributed by atoms with Gasteiger partial charge >= 0.3 is 0 Å². The summed E-state index contributed by atoms with van der Waals surface area (Å²) in [7, 11) is -2.44. The number of anilines is 1. The molecule has 0 aliphatic carbocycles. The number of nitrogen functional groups attached to an aromatic ring is 1. The van der Waals surface area contributed by atoms with E-state index < -0.39 is 15.8 Å². The monoisotopic (exact) mass is 300 g/mol. The van der Waals surface area contributed by atoms with Gasteiger partial charge in [-0.2, -0.15) is 15.6 Å². The number of nitrogens with two attached hydrogens (primary N) is 1. The maximum Gasteiger partial charge on any atom is 0.246 e. The van der Waals surface area contributed by atoms with E-state index in [-0.39, 0.29) is 17.1 Å². The summed E-state index contributed by atoms with van der Waals surface area (Å²) < 4.78 is 39.3. The fourth-order valence-electron chi connectivity index (χ4n) is 1.62. The normalized spacial score (nSPS) is 11.9. The Balaban J connectivity index is 2.31. The van der Waals surface area contributed by atoms with Gasteiger partial charge in [-0.05, 0) is 40.6 Å². The van der Waals surface area contributed by atoms with E-state index in [0.29, 0.717) is 0 Å². The van der Waals surface area contributed by atoms with Gasteiger partial charge in [0.25, 0.3) is 0 Å². The van der Waals surface area contributed by atoms with Crippen molar-refractivity contribution in [3.05, 3.63) is 46.4 Å². The topological polar surface area (TPSA) is 63.4 Å². The smallest absolute Gasteiger partial charge is 0.246 e. The van der Waals surface area contributed by atoms with Crippen molar-refractivity contribution < 1.29 is 12.8 Å². The number of rotatable bonds is 4. The molecule has 0 amide bonds. The Morgan fingerprint density at radius 2 is 2.11 bits per heavy atom. The van der Waals surface area contributed by atoms with Crippen LogP contribution in [-0.4, -0.2) is 19.8 Å². The predicted octanol–water partition coefficient (Wildman–Crippen LogP) is 2.29. The zero-order valence-corrected chi connectivity index (χ0v) is 11.8. The van der Waals surface area contributed by atoms with Gasteiger partial charge in [-0.3, -0.25) is 0 Å². The lowest BCUT2D eigenvalue weighted by Gasteiger charge is -2.17. The maximum absolute atomic E-state index is 13.7. The summed E-state index contributed by atoms with van der Waals surface area (Å²) >= 11 is 1.48. The second-order valence-corrected chi connectivity index (χ2v) is 6.88. The summed E-state index contributed by atoms with van der Waals surface area (Å²) in [5, 5.41) is 3.71. The standard InChI is InChI=1S/C12H13FN2O2S2/c1-15(7-9-4-5-18-8-9)19(16,17)12-3-2-10(14)6-11(12)13/h2-6,8H,7,14H2,1H3. The molecule has 0 atom stereocenters. The van der Waals surface area contributed by atoms with Crippen molar-refractivity contribution in [3.63, 3.8) is 0 Å². The molecule has 0 aliphatic rings. The number of halogens is 1. The number of benzene rings is 1. The van der Waals surface area contributed by atoms with Crippen molar-refractivity contribution in [1.29, 1.82) is 0 Å². The first-order chi connectivity index (χ1) is 8.91. The molecule has 4 nitrogen and oxygen atoms in total. The lowest BCUT2D eigenvalue weighted by molar-refractivity contribution is 0.460. The van der Waals surface area contributed by atoms with Crippen LogP contribution in [0.15, 0.2) is 39.9 Å². The van der Waals surface area contributed by atoms with Gasteiger partial charge in [0.15, 0.2) is 0 Å². The molecule has 19 heavy (non-hydrogen) atoms. The first kappa shape index (κ1) is 14.0. The van der Waals surface area contributed by atoms with Gasteiger partial charge in [0.05, 0.1) is 0 Å². The summed E-state index contributed by atoms with van der Waals surface area (Å²) in [6.07, 6.45) is 0. The minimum atomic E-state index is -3.86. The average Bonchev–Trinajstić information content (AvgIpc) is 2.81. The highest BCUT2D eigenvalue weighted by Crippen LogP contribution is 2.22. The molecule has 0 aliphatic heterocycles. The highest BCUT2D eigenvalue weighted by molar-refractivity contribution is 7.89. The van der Waals surface area contributed by atoms with Crippen molar-refractivity contribution in [2.24, 2.45) is 0 Å². The third kappa shape index (κ3) is 2.94. The molecule has 0 saturated carbocycles. The summed E-state index contributed by atoms with van der Waals surface area (Å²) in [6.45, 7) is 0.204. The van der Waals surface area contributed by atoms with E-state index in [1.807, 2.05) is 16.8 Å². The molecule has 1 aromatic carbocycles. The van der Waals surface area contributed by atoms with Crippen molar-refractivity contribution in [2.45, 2.75) is 11.4 Å². The Kier molecular flexibility index (Phi) is 3.88. The molecule has 1 heterocycles. The first-order valence-electron chi connectivity index (χ1n) is 5.43. The fourth-order valence-corrected chi connectivity index (χ4v) is 3.48. The summed E-state index contributed by atoms with van der Waals surface area (Å²) in [5.41, 5.74) is 6.47. The van der Waals surface area contributed by atoms with Gasteiger partial charge in [0, 0.05) is 19.3 Å². The van der Waals surface area contributed by atoms with Crippen LogP contribution in [0.3, 0.4) is 0 Å². The van der Waals surface area contributed by atoms with Gasteiger partial charge in [0.1, 0.15) is 10.7 Å². The molecule has 102 valence electrons. The summed E-state index contributed by atoms with van der Waals surface area (Å²) in [4.78, 5) is -0.362. The molecular formula is C12H13FN2O2S2. The van der Waals surface area contributed by atoms with E-state index in [9.17, 15) is 12.8 Å². The van der Waals surface area contributed by atoms with E-state index in [1.54, 1.807) is 0 Å². The van der Waals surface area contributed by atoms with Crippen LogP contribution in [0.2, 0.25) is 0 Å². The minimum absolute atomic E-state index is 0.192. The van der Waals surface area contributed by atoms with Crippen LogP contribution < -0.4 is 5.73 Å². The third-order valence-corrected chi connectivity index (χ3v) is 5.20. The molecular weight excluding hydrogens is 287 g/mol. The number of sulfonamides is 1.